The van der Waals surface area contributed by atoms with Gasteiger partial charge in [0.2, 0.25) is 0 Å². The number of nitrogens with one attached hydrogen (secondary N) is 1. The van der Waals surface area contributed by atoms with Gasteiger partial charge in [-0.15, -0.1) is 0 Å². The van der Waals surface area contributed by atoms with Crippen molar-refractivity contribution >= 4 is 11.8 Å². The van der Waals surface area contributed by atoms with E-state index in [0.29, 0.717) is 0 Å². The summed E-state index contributed by atoms with van der Waals surface area (Å²) < 4.78 is 0. The zero-order valence-electron chi connectivity index (χ0n) is 12.5. The van der Waals surface area contributed by atoms with Gasteiger partial charge in [-0.2, -0.15) is 11.8 Å². The summed E-state index contributed by atoms with van der Waals surface area (Å²) in [6.45, 7) is 4.80. The molecule has 0 aromatic heterocycles. The summed E-state index contributed by atoms with van der Waals surface area (Å²) in [5.41, 5.74) is 0. The van der Waals surface area contributed by atoms with Crippen molar-refractivity contribution in [1.29, 1.82) is 0 Å². The highest BCUT2D eigenvalue weighted by molar-refractivity contribution is 7.99. The van der Waals surface area contributed by atoms with Gasteiger partial charge in [0, 0.05) is 17.3 Å². The highest BCUT2D eigenvalue weighted by Crippen LogP contribution is 2.32. The molecule has 4 atom stereocenters. The molecule has 2 aliphatic rings. The van der Waals surface area contributed by atoms with E-state index in [1.807, 2.05) is 0 Å². The Morgan fingerprint density at radius 3 is 2.28 bits per heavy atom. The lowest BCUT2D eigenvalue weighted by atomic mass is 9.79. The summed E-state index contributed by atoms with van der Waals surface area (Å²) in [6.07, 6.45) is 13.7. The second-order valence-electron chi connectivity index (χ2n) is 6.76. The van der Waals surface area contributed by atoms with E-state index in [1.54, 1.807) is 0 Å². The average molecular weight is 269 g/mol. The van der Waals surface area contributed by atoms with Crippen molar-refractivity contribution in [2.45, 2.75) is 82.5 Å². The summed E-state index contributed by atoms with van der Waals surface area (Å²) in [5.74, 6) is 1.84. The third-order valence-electron chi connectivity index (χ3n) is 5.09. The average Bonchev–Trinajstić information content (AvgIpc) is 2.39. The van der Waals surface area contributed by atoms with Crippen LogP contribution in [0.25, 0.3) is 0 Å². The van der Waals surface area contributed by atoms with Crippen molar-refractivity contribution in [3.63, 3.8) is 0 Å². The molecule has 0 amide bonds. The van der Waals surface area contributed by atoms with Crippen LogP contribution in [0.5, 0.6) is 0 Å². The van der Waals surface area contributed by atoms with Crippen LogP contribution in [0.1, 0.15) is 65.2 Å². The van der Waals surface area contributed by atoms with Crippen LogP contribution in [-0.2, 0) is 0 Å². The first-order valence-corrected chi connectivity index (χ1v) is 9.26. The number of thioether (sulfide) groups is 1. The molecule has 2 saturated carbocycles. The molecule has 0 bridgehead atoms. The molecular formula is C16H31NS. The van der Waals surface area contributed by atoms with Gasteiger partial charge in [-0.1, -0.05) is 33.1 Å². The summed E-state index contributed by atoms with van der Waals surface area (Å²) in [6, 6.07) is 1.63. The third-order valence-corrected chi connectivity index (χ3v) is 6.18. The Bertz CT molecular complexity index is 241. The van der Waals surface area contributed by atoms with Gasteiger partial charge < -0.3 is 5.32 Å². The van der Waals surface area contributed by atoms with E-state index >= 15 is 0 Å². The van der Waals surface area contributed by atoms with Gasteiger partial charge in [0.1, 0.15) is 0 Å². The van der Waals surface area contributed by atoms with Crippen LogP contribution in [0.3, 0.4) is 0 Å². The number of rotatable bonds is 4. The lowest BCUT2D eigenvalue weighted by Crippen LogP contribution is -2.44. The van der Waals surface area contributed by atoms with E-state index in [-0.39, 0.29) is 0 Å². The lowest BCUT2D eigenvalue weighted by Gasteiger charge is -2.37. The fraction of sp³-hybridized carbons (Fsp3) is 1.00. The van der Waals surface area contributed by atoms with Crippen molar-refractivity contribution in [1.82, 2.24) is 5.32 Å². The molecule has 4 unspecified atom stereocenters. The molecule has 0 aliphatic heterocycles. The van der Waals surface area contributed by atoms with Gasteiger partial charge >= 0.3 is 0 Å². The summed E-state index contributed by atoms with van der Waals surface area (Å²) in [7, 11) is 0. The van der Waals surface area contributed by atoms with Crippen molar-refractivity contribution in [3.05, 3.63) is 0 Å². The maximum atomic E-state index is 3.99. The quantitative estimate of drug-likeness (QED) is 0.808. The van der Waals surface area contributed by atoms with Crippen LogP contribution in [0.4, 0.5) is 0 Å². The van der Waals surface area contributed by atoms with E-state index in [2.05, 4.69) is 37.2 Å². The van der Waals surface area contributed by atoms with E-state index < -0.39 is 0 Å². The largest absolute Gasteiger partial charge is 0.311 e. The predicted octanol–water partition coefficient (Wildman–Crippen LogP) is 4.47. The maximum absolute atomic E-state index is 3.99. The summed E-state index contributed by atoms with van der Waals surface area (Å²) in [5, 5.41) is 4.91. The predicted molar refractivity (Wildman–Crippen MR) is 83.3 cm³/mol. The van der Waals surface area contributed by atoms with E-state index in [1.165, 1.54) is 51.4 Å². The molecule has 0 aromatic carbocycles. The smallest absolute Gasteiger partial charge is 0.00801 e. The number of hydrogen-bond donors (Lipinski definition) is 1. The zero-order valence-corrected chi connectivity index (χ0v) is 13.3. The van der Waals surface area contributed by atoms with Gasteiger partial charge in [0.25, 0.3) is 0 Å². The molecule has 1 N–H and O–H groups in total. The lowest BCUT2D eigenvalue weighted by molar-refractivity contribution is 0.210. The van der Waals surface area contributed by atoms with Gasteiger partial charge in [-0.05, 0) is 50.2 Å². The van der Waals surface area contributed by atoms with Crippen molar-refractivity contribution in [3.8, 4) is 0 Å². The van der Waals surface area contributed by atoms with E-state index in [4.69, 9.17) is 0 Å². The molecule has 2 aliphatic carbocycles. The standard InChI is InChI=1S/C16H31NS/c1-12(2)13-6-4-7-14(10-13)17-15-8-5-9-16(11-15)18-3/h12-17H,4-11H2,1-3H3. The molecule has 0 spiro atoms. The first-order valence-electron chi connectivity index (χ1n) is 7.98. The highest BCUT2D eigenvalue weighted by Gasteiger charge is 2.28. The molecule has 0 saturated heterocycles. The van der Waals surface area contributed by atoms with Crippen LogP contribution < -0.4 is 5.32 Å². The minimum atomic E-state index is 0.812. The van der Waals surface area contributed by atoms with Crippen molar-refractivity contribution in [2.75, 3.05) is 6.26 Å². The first-order chi connectivity index (χ1) is 8.69. The molecule has 2 fully saturated rings. The Kier molecular flexibility index (Phi) is 5.88. The van der Waals surface area contributed by atoms with Crippen LogP contribution in [0.15, 0.2) is 0 Å². The normalized spacial score (nSPS) is 38.0. The van der Waals surface area contributed by atoms with E-state index in [0.717, 1.165) is 29.2 Å². The van der Waals surface area contributed by atoms with Crippen LogP contribution in [0.2, 0.25) is 0 Å². The van der Waals surface area contributed by atoms with Crippen LogP contribution >= 0.6 is 11.8 Å². The SMILES string of the molecule is CSC1CCCC(NC2CCCC(C(C)C)C2)C1. The van der Waals surface area contributed by atoms with Gasteiger partial charge in [-0.3, -0.25) is 0 Å². The molecule has 0 aromatic rings. The van der Waals surface area contributed by atoms with Crippen molar-refractivity contribution in [2.24, 2.45) is 11.8 Å². The van der Waals surface area contributed by atoms with Crippen LogP contribution in [-0.4, -0.2) is 23.6 Å². The first kappa shape index (κ1) is 14.7. The Morgan fingerprint density at radius 1 is 0.944 bits per heavy atom. The number of hydrogen-bond acceptors (Lipinski definition) is 2. The Morgan fingerprint density at radius 2 is 1.61 bits per heavy atom. The monoisotopic (exact) mass is 269 g/mol. The second kappa shape index (κ2) is 7.19. The molecule has 1 nitrogen and oxygen atoms in total. The Hall–Kier alpha value is 0.310. The summed E-state index contributed by atoms with van der Waals surface area (Å²) >= 11 is 2.08. The second-order valence-corrected chi connectivity index (χ2v) is 7.89. The fourth-order valence-electron chi connectivity index (χ4n) is 3.83. The molecule has 106 valence electrons. The summed E-state index contributed by atoms with van der Waals surface area (Å²) in [4.78, 5) is 0. The Balaban J connectivity index is 1.78. The fourth-order valence-corrected chi connectivity index (χ4v) is 4.66. The maximum Gasteiger partial charge on any atom is 0.00801 e. The minimum Gasteiger partial charge on any atom is -0.311 e. The molecule has 0 radical (unpaired) electrons. The van der Waals surface area contributed by atoms with Crippen molar-refractivity contribution < 1.29 is 0 Å². The van der Waals surface area contributed by atoms with Crippen LogP contribution in [0, 0.1) is 11.8 Å². The van der Waals surface area contributed by atoms with Gasteiger partial charge in [0.15, 0.2) is 0 Å². The van der Waals surface area contributed by atoms with Gasteiger partial charge in [-0.25, -0.2) is 0 Å². The molecule has 2 rings (SSSR count). The molecule has 18 heavy (non-hydrogen) atoms. The van der Waals surface area contributed by atoms with Gasteiger partial charge in [0.05, 0.1) is 0 Å². The van der Waals surface area contributed by atoms with E-state index in [9.17, 15) is 0 Å². The Labute approximate surface area is 118 Å². The molecular weight excluding hydrogens is 238 g/mol. The highest BCUT2D eigenvalue weighted by atomic mass is 32.2. The molecule has 2 heteroatoms. The third kappa shape index (κ3) is 4.16. The minimum absolute atomic E-state index is 0.812. The topological polar surface area (TPSA) is 12.0 Å². The molecule has 0 heterocycles. The zero-order chi connectivity index (χ0) is 13.0.